The van der Waals surface area contributed by atoms with E-state index in [1.54, 1.807) is 0 Å². The number of likely N-dealkylation sites (tertiary alicyclic amines) is 1. The van der Waals surface area contributed by atoms with Gasteiger partial charge in [-0.15, -0.1) is 0 Å². The lowest BCUT2D eigenvalue weighted by atomic mass is 9.98. The van der Waals surface area contributed by atoms with Crippen LogP contribution in [0.3, 0.4) is 0 Å². The first-order chi connectivity index (χ1) is 10.1. The Morgan fingerprint density at radius 3 is 2.62 bits per heavy atom. The van der Waals surface area contributed by atoms with Crippen molar-refractivity contribution >= 4 is 12.0 Å². The third-order valence-corrected chi connectivity index (χ3v) is 4.11. The number of hydrogen-bond acceptors (Lipinski definition) is 4. The number of nitrogens with one attached hydrogen (secondary N) is 1. The highest BCUT2D eigenvalue weighted by atomic mass is 16.5. The number of aliphatic carboxylic acids is 1. The summed E-state index contributed by atoms with van der Waals surface area (Å²) in [6, 6.07) is -1.40. The average molecular weight is 300 g/mol. The van der Waals surface area contributed by atoms with E-state index < -0.39 is 24.1 Å². The Hall–Kier alpha value is -1.34. The molecular formula is C14H24N2O5. The fraction of sp³-hybridized carbons (Fsp3) is 0.857. The minimum Gasteiger partial charge on any atom is -0.480 e. The molecule has 2 fully saturated rings. The summed E-state index contributed by atoms with van der Waals surface area (Å²) in [5.41, 5.74) is 0. The van der Waals surface area contributed by atoms with Crippen LogP contribution in [0.4, 0.5) is 4.79 Å². The molecule has 0 aromatic heterocycles. The molecule has 0 radical (unpaired) electrons. The van der Waals surface area contributed by atoms with Gasteiger partial charge < -0.3 is 25.2 Å². The minimum absolute atomic E-state index is 0.0618. The van der Waals surface area contributed by atoms with E-state index in [9.17, 15) is 14.7 Å². The van der Waals surface area contributed by atoms with Crippen LogP contribution in [0.2, 0.25) is 0 Å². The van der Waals surface area contributed by atoms with Crippen molar-refractivity contribution in [3.05, 3.63) is 0 Å². The standard InChI is InChI=1S/C14H24N2O5/c17-10-8-12(13(18)19)16(9-10)14(20)15-6-7-21-11-4-2-1-3-5-11/h10-12,17H,1-9H2,(H,15,20)(H,18,19)/t10-,12+/m1/s1. The molecule has 0 unspecified atom stereocenters. The van der Waals surface area contributed by atoms with E-state index in [1.165, 1.54) is 24.2 Å². The van der Waals surface area contributed by atoms with Crippen LogP contribution in [0.1, 0.15) is 38.5 Å². The number of carboxylic acid groups (broad SMARTS) is 1. The van der Waals surface area contributed by atoms with Gasteiger partial charge in [0.2, 0.25) is 0 Å². The summed E-state index contributed by atoms with van der Waals surface area (Å²) in [5.74, 6) is -1.08. The quantitative estimate of drug-likeness (QED) is 0.645. The maximum absolute atomic E-state index is 11.9. The van der Waals surface area contributed by atoms with Gasteiger partial charge in [-0.3, -0.25) is 0 Å². The van der Waals surface area contributed by atoms with Crippen molar-refractivity contribution in [3.8, 4) is 0 Å². The van der Waals surface area contributed by atoms with Crippen molar-refractivity contribution in [2.45, 2.75) is 56.8 Å². The Bertz CT molecular complexity index is 370. The van der Waals surface area contributed by atoms with Crippen LogP contribution < -0.4 is 5.32 Å². The number of hydrogen-bond donors (Lipinski definition) is 3. The Balaban J connectivity index is 1.67. The Kier molecular flexibility index (Phi) is 5.81. The van der Waals surface area contributed by atoms with Gasteiger partial charge >= 0.3 is 12.0 Å². The van der Waals surface area contributed by atoms with Gasteiger partial charge in [-0.2, -0.15) is 0 Å². The van der Waals surface area contributed by atoms with E-state index in [2.05, 4.69) is 5.32 Å². The zero-order valence-electron chi connectivity index (χ0n) is 12.2. The van der Waals surface area contributed by atoms with Gasteiger partial charge in [0.15, 0.2) is 0 Å². The third-order valence-electron chi connectivity index (χ3n) is 4.11. The van der Waals surface area contributed by atoms with Crippen LogP contribution in [-0.4, -0.2) is 65.1 Å². The van der Waals surface area contributed by atoms with Crippen molar-refractivity contribution in [2.75, 3.05) is 19.7 Å². The predicted molar refractivity (Wildman–Crippen MR) is 75.0 cm³/mol. The van der Waals surface area contributed by atoms with E-state index in [4.69, 9.17) is 9.84 Å². The van der Waals surface area contributed by atoms with Crippen LogP contribution in [0, 0.1) is 0 Å². The third kappa shape index (κ3) is 4.57. The summed E-state index contributed by atoms with van der Waals surface area (Å²) in [5, 5.41) is 21.2. The molecule has 0 aromatic rings. The number of aliphatic hydroxyl groups excluding tert-OH is 1. The maximum Gasteiger partial charge on any atom is 0.326 e. The summed E-state index contributed by atoms with van der Waals surface area (Å²) < 4.78 is 5.69. The number of urea groups is 1. The SMILES string of the molecule is O=C(O)[C@@H]1C[C@@H](O)CN1C(=O)NCCOC1CCCCC1. The molecule has 7 nitrogen and oxygen atoms in total. The predicted octanol–water partition coefficient (Wildman–Crippen LogP) is 0.565. The summed E-state index contributed by atoms with van der Waals surface area (Å²) in [6.07, 6.45) is 5.42. The molecule has 2 aliphatic rings. The molecule has 0 aromatic carbocycles. The summed E-state index contributed by atoms with van der Waals surface area (Å²) in [4.78, 5) is 24.2. The summed E-state index contributed by atoms with van der Waals surface area (Å²) in [6.45, 7) is 0.852. The van der Waals surface area contributed by atoms with Gasteiger partial charge in [0.1, 0.15) is 6.04 Å². The van der Waals surface area contributed by atoms with Gasteiger partial charge in [-0.25, -0.2) is 9.59 Å². The molecule has 120 valence electrons. The largest absolute Gasteiger partial charge is 0.480 e. The molecule has 1 aliphatic heterocycles. The number of carbonyl (C=O) groups is 2. The Labute approximate surface area is 124 Å². The van der Waals surface area contributed by atoms with E-state index in [-0.39, 0.29) is 19.1 Å². The molecule has 21 heavy (non-hydrogen) atoms. The van der Waals surface area contributed by atoms with Crippen LogP contribution in [-0.2, 0) is 9.53 Å². The molecule has 7 heteroatoms. The second-order valence-electron chi connectivity index (χ2n) is 5.76. The highest BCUT2D eigenvalue weighted by Crippen LogP contribution is 2.20. The molecule has 1 saturated carbocycles. The molecule has 1 heterocycles. The van der Waals surface area contributed by atoms with Gasteiger partial charge in [0, 0.05) is 19.5 Å². The van der Waals surface area contributed by atoms with E-state index in [1.807, 2.05) is 0 Å². The monoisotopic (exact) mass is 300 g/mol. The van der Waals surface area contributed by atoms with Crippen molar-refractivity contribution in [3.63, 3.8) is 0 Å². The smallest absolute Gasteiger partial charge is 0.326 e. The second kappa shape index (κ2) is 7.61. The van der Waals surface area contributed by atoms with E-state index in [0.29, 0.717) is 13.2 Å². The highest BCUT2D eigenvalue weighted by Gasteiger charge is 2.38. The Morgan fingerprint density at radius 1 is 1.24 bits per heavy atom. The molecule has 1 aliphatic carbocycles. The number of nitrogens with zero attached hydrogens (tertiary/aromatic N) is 1. The number of rotatable bonds is 5. The lowest BCUT2D eigenvalue weighted by Crippen LogP contribution is -2.47. The van der Waals surface area contributed by atoms with Gasteiger partial charge in [0.25, 0.3) is 0 Å². The second-order valence-corrected chi connectivity index (χ2v) is 5.76. The van der Waals surface area contributed by atoms with Gasteiger partial charge in [-0.1, -0.05) is 19.3 Å². The summed E-state index contributed by atoms with van der Waals surface area (Å²) in [7, 11) is 0. The first-order valence-electron chi connectivity index (χ1n) is 7.65. The molecule has 0 bridgehead atoms. The van der Waals surface area contributed by atoms with Gasteiger partial charge in [0.05, 0.1) is 18.8 Å². The maximum atomic E-state index is 11.9. The first kappa shape index (κ1) is 16.0. The number of ether oxygens (including phenoxy) is 1. The summed E-state index contributed by atoms with van der Waals surface area (Å²) >= 11 is 0. The van der Waals surface area contributed by atoms with Crippen molar-refractivity contribution in [1.82, 2.24) is 10.2 Å². The van der Waals surface area contributed by atoms with Crippen LogP contribution >= 0.6 is 0 Å². The minimum atomic E-state index is -1.08. The molecule has 2 amide bonds. The highest BCUT2D eigenvalue weighted by molar-refractivity contribution is 5.83. The molecule has 3 N–H and O–H groups in total. The van der Waals surface area contributed by atoms with Crippen molar-refractivity contribution in [2.24, 2.45) is 0 Å². The number of β-amino-alcohol motifs (C(OH)–C–C–N with tert-alkyl or cyclic N) is 1. The topological polar surface area (TPSA) is 99.1 Å². The number of carbonyl (C=O) groups excluding carboxylic acids is 1. The van der Waals surface area contributed by atoms with Crippen LogP contribution in [0.25, 0.3) is 0 Å². The van der Waals surface area contributed by atoms with Crippen molar-refractivity contribution in [1.29, 1.82) is 0 Å². The molecule has 0 spiro atoms. The number of amides is 2. The lowest BCUT2D eigenvalue weighted by molar-refractivity contribution is -0.141. The zero-order chi connectivity index (χ0) is 15.2. The number of aliphatic hydroxyl groups is 1. The van der Waals surface area contributed by atoms with Crippen LogP contribution in [0.5, 0.6) is 0 Å². The first-order valence-corrected chi connectivity index (χ1v) is 7.65. The fourth-order valence-electron chi connectivity index (χ4n) is 2.99. The number of carboxylic acids is 1. The Morgan fingerprint density at radius 2 is 1.95 bits per heavy atom. The zero-order valence-corrected chi connectivity index (χ0v) is 12.2. The molecule has 1 saturated heterocycles. The normalized spacial score (nSPS) is 26.8. The molecule has 2 atom stereocenters. The molecular weight excluding hydrogens is 276 g/mol. The van der Waals surface area contributed by atoms with E-state index >= 15 is 0 Å². The lowest BCUT2D eigenvalue weighted by Gasteiger charge is -2.23. The molecule has 2 rings (SSSR count). The van der Waals surface area contributed by atoms with Gasteiger partial charge in [-0.05, 0) is 12.8 Å². The van der Waals surface area contributed by atoms with Crippen molar-refractivity contribution < 1.29 is 24.5 Å². The average Bonchev–Trinajstić information content (AvgIpc) is 2.87. The van der Waals surface area contributed by atoms with Crippen LogP contribution in [0.15, 0.2) is 0 Å². The fourth-order valence-corrected chi connectivity index (χ4v) is 2.99. The van der Waals surface area contributed by atoms with E-state index in [0.717, 1.165) is 12.8 Å².